The van der Waals surface area contributed by atoms with Crippen molar-refractivity contribution in [3.63, 3.8) is 0 Å². The van der Waals surface area contributed by atoms with Crippen molar-refractivity contribution >= 4 is 0 Å². The molecule has 1 aromatic heterocycles. The minimum absolute atomic E-state index is 0.139. The Balaban J connectivity index is 2.53. The predicted octanol–water partition coefficient (Wildman–Crippen LogP) is 1.76. The molecule has 1 atom stereocenters. The third-order valence-electron chi connectivity index (χ3n) is 1.71. The highest BCUT2D eigenvalue weighted by atomic mass is 16.4. The molecule has 0 bridgehead atoms. The molecule has 13 heavy (non-hydrogen) atoms. The number of nitrogens with zero attached hydrogens (tertiary/aromatic N) is 1. The van der Waals surface area contributed by atoms with Gasteiger partial charge >= 0.3 is 0 Å². The first-order valence-corrected chi connectivity index (χ1v) is 4.77. The van der Waals surface area contributed by atoms with E-state index in [0.29, 0.717) is 5.92 Å². The molecule has 1 rings (SSSR count). The van der Waals surface area contributed by atoms with E-state index in [1.165, 1.54) is 0 Å². The quantitative estimate of drug-likeness (QED) is 0.772. The van der Waals surface area contributed by atoms with E-state index >= 15 is 0 Å². The number of hydrogen-bond donors (Lipinski definition) is 1. The molecule has 1 heterocycles. The molecular weight excluding hydrogens is 164 g/mol. The molecule has 3 heteroatoms. The third kappa shape index (κ3) is 3.59. The molecule has 2 N–H and O–H groups in total. The fourth-order valence-corrected chi connectivity index (χ4v) is 1.20. The Labute approximate surface area is 79.3 Å². The van der Waals surface area contributed by atoms with Gasteiger partial charge in [-0.15, -0.1) is 0 Å². The number of oxazole rings is 1. The molecule has 0 aliphatic carbocycles. The maximum atomic E-state index is 5.65. The molecular formula is C10H18N2O. The van der Waals surface area contributed by atoms with E-state index < -0.39 is 0 Å². The second-order valence-electron chi connectivity index (χ2n) is 4.00. The van der Waals surface area contributed by atoms with Crippen LogP contribution in [0.4, 0.5) is 0 Å². The topological polar surface area (TPSA) is 52.0 Å². The molecule has 0 saturated heterocycles. The van der Waals surface area contributed by atoms with Crippen LogP contribution in [0, 0.1) is 5.92 Å². The van der Waals surface area contributed by atoms with E-state index in [-0.39, 0.29) is 6.04 Å². The third-order valence-corrected chi connectivity index (χ3v) is 1.71. The van der Waals surface area contributed by atoms with Gasteiger partial charge in [-0.3, -0.25) is 0 Å². The monoisotopic (exact) mass is 182 g/mol. The summed E-state index contributed by atoms with van der Waals surface area (Å²) < 4.78 is 5.51. The predicted molar refractivity (Wildman–Crippen MR) is 52.4 cm³/mol. The lowest BCUT2D eigenvalue weighted by Gasteiger charge is -2.00. The lowest BCUT2D eigenvalue weighted by Crippen LogP contribution is -2.17. The Hall–Kier alpha value is -0.830. The van der Waals surface area contributed by atoms with Crippen LogP contribution in [0.1, 0.15) is 32.4 Å². The van der Waals surface area contributed by atoms with Crippen LogP contribution in [-0.4, -0.2) is 11.0 Å². The van der Waals surface area contributed by atoms with Gasteiger partial charge in [0.2, 0.25) is 0 Å². The Bertz CT molecular complexity index is 229. The largest absolute Gasteiger partial charge is 0.446 e. The smallest absolute Gasteiger partial charge is 0.194 e. The number of nitrogens with two attached hydrogens (primary N) is 1. The Kier molecular flexibility index (Phi) is 3.48. The van der Waals surface area contributed by atoms with Gasteiger partial charge in [0, 0.05) is 18.9 Å². The lowest BCUT2D eigenvalue weighted by atomic mass is 10.1. The van der Waals surface area contributed by atoms with Crippen LogP contribution >= 0.6 is 0 Å². The van der Waals surface area contributed by atoms with Crippen LogP contribution in [0.5, 0.6) is 0 Å². The Morgan fingerprint density at radius 1 is 1.38 bits per heavy atom. The van der Waals surface area contributed by atoms with Crippen molar-refractivity contribution in [2.75, 3.05) is 0 Å². The highest BCUT2D eigenvalue weighted by Crippen LogP contribution is 2.10. The van der Waals surface area contributed by atoms with Crippen molar-refractivity contribution in [2.24, 2.45) is 11.7 Å². The van der Waals surface area contributed by atoms with Crippen molar-refractivity contribution in [3.05, 3.63) is 17.8 Å². The summed E-state index contributed by atoms with van der Waals surface area (Å²) in [5.74, 6) is 2.30. The minimum atomic E-state index is 0.139. The molecule has 0 aliphatic rings. The zero-order valence-electron chi connectivity index (χ0n) is 8.58. The van der Waals surface area contributed by atoms with Crippen LogP contribution in [0.25, 0.3) is 0 Å². The summed E-state index contributed by atoms with van der Waals surface area (Å²) in [6, 6.07) is 0.139. The van der Waals surface area contributed by atoms with E-state index in [9.17, 15) is 0 Å². The van der Waals surface area contributed by atoms with Gasteiger partial charge in [-0.25, -0.2) is 4.98 Å². The van der Waals surface area contributed by atoms with Gasteiger partial charge in [0.15, 0.2) is 5.89 Å². The molecule has 0 radical (unpaired) electrons. The number of aromatic nitrogens is 1. The molecule has 0 saturated carbocycles. The Morgan fingerprint density at radius 3 is 2.62 bits per heavy atom. The zero-order chi connectivity index (χ0) is 9.84. The summed E-state index contributed by atoms with van der Waals surface area (Å²) in [7, 11) is 0. The first-order valence-electron chi connectivity index (χ1n) is 4.77. The summed E-state index contributed by atoms with van der Waals surface area (Å²) in [5, 5.41) is 0. The van der Waals surface area contributed by atoms with Crippen molar-refractivity contribution in [1.82, 2.24) is 4.98 Å². The molecule has 74 valence electrons. The molecule has 3 nitrogen and oxygen atoms in total. The minimum Gasteiger partial charge on any atom is -0.446 e. The van der Waals surface area contributed by atoms with Gasteiger partial charge in [0.1, 0.15) is 5.76 Å². The summed E-state index contributed by atoms with van der Waals surface area (Å²) in [4.78, 5) is 4.19. The molecule has 0 spiro atoms. The van der Waals surface area contributed by atoms with Crippen molar-refractivity contribution in [1.29, 1.82) is 0 Å². The summed E-state index contributed by atoms with van der Waals surface area (Å²) in [6.45, 7) is 6.26. The molecule has 0 amide bonds. The van der Waals surface area contributed by atoms with Gasteiger partial charge < -0.3 is 10.2 Å². The molecule has 0 aromatic carbocycles. The van der Waals surface area contributed by atoms with Crippen LogP contribution in [0.15, 0.2) is 10.6 Å². The van der Waals surface area contributed by atoms with Gasteiger partial charge in [0.25, 0.3) is 0 Å². The van der Waals surface area contributed by atoms with Crippen molar-refractivity contribution in [3.8, 4) is 0 Å². The van der Waals surface area contributed by atoms with Crippen molar-refractivity contribution in [2.45, 2.75) is 39.7 Å². The summed E-state index contributed by atoms with van der Waals surface area (Å²) in [5.41, 5.74) is 5.65. The van der Waals surface area contributed by atoms with E-state index in [2.05, 4.69) is 18.8 Å². The molecule has 0 fully saturated rings. The molecule has 1 aromatic rings. The van der Waals surface area contributed by atoms with Gasteiger partial charge in [-0.2, -0.15) is 0 Å². The maximum absolute atomic E-state index is 5.65. The highest BCUT2D eigenvalue weighted by molar-refractivity contribution is 4.96. The number of rotatable bonds is 4. The standard InChI is InChI=1S/C10H18N2O/c1-7(2)4-10-12-6-9(13-10)5-8(3)11/h6-8H,4-5,11H2,1-3H3. The average molecular weight is 182 g/mol. The lowest BCUT2D eigenvalue weighted by molar-refractivity contribution is 0.421. The maximum Gasteiger partial charge on any atom is 0.194 e. The van der Waals surface area contributed by atoms with Crippen LogP contribution < -0.4 is 5.73 Å². The molecule has 0 aliphatic heterocycles. The zero-order valence-corrected chi connectivity index (χ0v) is 8.58. The first-order chi connectivity index (χ1) is 6.08. The fraction of sp³-hybridized carbons (Fsp3) is 0.700. The van der Waals surface area contributed by atoms with E-state index in [0.717, 1.165) is 24.5 Å². The van der Waals surface area contributed by atoms with Gasteiger partial charge in [-0.1, -0.05) is 13.8 Å². The fourth-order valence-electron chi connectivity index (χ4n) is 1.20. The van der Waals surface area contributed by atoms with Gasteiger partial charge in [0.05, 0.1) is 6.20 Å². The first kappa shape index (κ1) is 10.3. The molecule has 1 unspecified atom stereocenters. The van der Waals surface area contributed by atoms with Crippen LogP contribution in [0.3, 0.4) is 0 Å². The van der Waals surface area contributed by atoms with Crippen LogP contribution in [-0.2, 0) is 12.8 Å². The van der Waals surface area contributed by atoms with Crippen molar-refractivity contribution < 1.29 is 4.42 Å². The average Bonchev–Trinajstić information content (AvgIpc) is 2.33. The second-order valence-corrected chi connectivity index (χ2v) is 4.00. The summed E-state index contributed by atoms with van der Waals surface area (Å²) in [6.07, 6.45) is 3.45. The van der Waals surface area contributed by atoms with E-state index in [1.807, 2.05) is 6.92 Å². The van der Waals surface area contributed by atoms with E-state index in [4.69, 9.17) is 10.2 Å². The summed E-state index contributed by atoms with van der Waals surface area (Å²) >= 11 is 0. The van der Waals surface area contributed by atoms with Crippen LogP contribution in [0.2, 0.25) is 0 Å². The highest BCUT2D eigenvalue weighted by Gasteiger charge is 2.07. The van der Waals surface area contributed by atoms with E-state index in [1.54, 1.807) is 6.20 Å². The SMILES string of the molecule is CC(C)Cc1ncc(CC(C)N)o1. The second kappa shape index (κ2) is 4.42. The number of hydrogen-bond acceptors (Lipinski definition) is 3. The Morgan fingerprint density at radius 2 is 2.08 bits per heavy atom. The van der Waals surface area contributed by atoms with Gasteiger partial charge in [-0.05, 0) is 12.8 Å². The normalized spacial score (nSPS) is 13.6.